The molecule has 0 bridgehead atoms. The van der Waals surface area contributed by atoms with E-state index in [-0.39, 0.29) is 0 Å². The van der Waals surface area contributed by atoms with Crippen molar-refractivity contribution < 1.29 is 4.74 Å². The lowest BCUT2D eigenvalue weighted by Crippen LogP contribution is -2.61. The molecule has 1 atom stereocenters. The Kier molecular flexibility index (Phi) is 7.37. The highest BCUT2D eigenvalue weighted by Crippen LogP contribution is 2.30. The van der Waals surface area contributed by atoms with Gasteiger partial charge >= 0.3 is 0 Å². The maximum absolute atomic E-state index is 5.49. The lowest BCUT2D eigenvalue weighted by Gasteiger charge is -2.50. The van der Waals surface area contributed by atoms with E-state index in [0.29, 0.717) is 17.7 Å². The van der Waals surface area contributed by atoms with Crippen molar-refractivity contribution in [3.63, 3.8) is 0 Å². The molecule has 0 N–H and O–H groups in total. The molecule has 1 saturated carbocycles. The third kappa shape index (κ3) is 5.44. The summed E-state index contributed by atoms with van der Waals surface area (Å²) in [5.41, 5.74) is 0.324. The van der Waals surface area contributed by atoms with Gasteiger partial charge in [-0.2, -0.15) is 0 Å². The Bertz CT molecular complexity index is 337. The van der Waals surface area contributed by atoms with Gasteiger partial charge in [0.1, 0.15) is 0 Å². The second kappa shape index (κ2) is 8.82. The van der Waals surface area contributed by atoms with Crippen molar-refractivity contribution in [3.8, 4) is 0 Å². The zero-order valence-corrected chi connectivity index (χ0v) is 16.3. The largest absolute Gasteiger partial charge is 0.381 e. The summed E-state index contributed by atoms with van der Waals surface area (Å²) in [7, 11) is 1.87. The van der Waals surface area contributed by atoms with Crippen LogP contribution in [0.3, 0.4) is 0 Å². The lowest BCUT2D eigenvalue weighted by atomic mass is 9.84. The smallest absolute Gasteiger partial charge is 0.0571 e. The predicted octanol–water partition coefficient (Wildman–Crippen LogP) is 4.17. The molecule has 1 unspecified atom stereocenters. The van der Waals surface area contributed by atoms with Gasteiger partial charge in [-0.1, -0.05) is 6.92 Å². The first-order valence-electron chi connectivity index (χ1n) is 9.98. The summed E-state index contributed by atoms with van der Waals surface area (Å²) in [6.07, 6.45) is 9.92. The van der Waals surface area contributed by atoms with Gasteiger partial charge in [0, 0.05) is 38.3 Å². The number of nitrogens with zero attached hydrogens (tertiary/aromatic N) is 2. The van der Waals surface area contributed by atoms with Gasteiger partial charge in [0.25, 0.3) is 0 Å². The summed E-state index contributed by atoms with van der Waals surface area (Å²) in [5.74, 6) is 0.954. The Morgan fingerprint density at radius 2 is 1.83 bits per heavy atom. The van der Waals surface area contributed by atoms with Crippen LogP contribution in [0, 0.1) is 5.92 Å². The zero-order chi connectivity index (χ0) is 16.9. The average Bonchev–Trinajstić information content (AvgIpc) is 2.54. The molecule has 1 aliphatic carbocycles. The van der Waals surface area contributed by atoms with Crippen LogP contribution in [-0.4, -0.2) is 60.8 Å². The van der Waals surface area contributed by atoms with Crippen LogP contribution in [0.2, 0.25) is 0 Å². The molecular formula is C20H40N2O. The highest BCUT2D eigenvalue weighted by atomic mass is 16.5. The summed E-state index contributed by atoms with van der Waals surface area (Å²) >= 11 is 0. The molecule has 0 aromatic heterocycles. The van der Waals surface area contributed by atoms with Crippen LogP contribution in [0.1, 0.15) is 72.6 Å². The molecule has 3 nitrogen and oxygen atoms in total. The van der Waals surface area contributed by atoms with E-state index >= 15 is 0 Å². The number of hydrogen-bond donors (Lipinski definition) is 0. The predicted molar refractivity (Wildman–Crippen MR) is 99.0 cm³/mol. The van der Waals surface area contributed by atoms with E-state index in [9.17, 15) is 0 Å². The van der Waals surface area contributed by atoms with Crippen molar-refractivity contribution >= 4 is 0 Å². The topological polar surface area (TPSA) is 15.7 Å². The van der Waals surface area contributed by atoms with Gasteiger partial charge in [0.2, 0.25) is 0 Å². The van der Waals surface area contributed by atoms with Crippen LogP contribution in [0.4, 0.5) is 0 Å². The van der Waals surface area contributed by atoms with Gasteiger partial charge in [-0.25, -0.2) is 0 Å². The zero-order valence-electron chi connectivity index (χ0n) is 16.3. The van der Waals surface area contributed by atoms with Gasteiger partial charge in [-0.3, -0.25) is 4.90 Å². The molecule has 1 saturated heterocycles. The quantitative estimate of drug-likeness (QED) is 0.699. The van der Waals surface area contributed by atoms with E-state index in [1.165, 1.54) is 71.1 Å². The summed E-state index contributed by atoms with van der Waals surface area (Å²) in [6, 6.07) is 0.711. The number of piperazine rings is 1. The van der Waals surface area contributed by atoms with Gasteiger partial charge in [-0.15, -0.1) is 0 Å². The molecule has 0 spiro atoms. The van der Waals surface area contributed by atoms with Crippen LogP contribution in [0.25, 0.3) is 0 Å². The number of rotatable bonds is 7. The van der Waals surface area contributed by atoms with E-state index in [1.54, 1.807) is 0 Å². The monoisotopic (exact) mass is 324 g/mol. The minimum Gasteiger partial charge on any atom is -0.381 e. The van der Waals surface area contributed by atoms with Crippen molar-refractivity contribution in [2.45, 2.75) is 90.3 Å². The van der Waals surface area contributed by atoms with Crippen LogP contribution in [-0.2, 0) is 4.74 Å². The van der Waals surface area contributed by atoms with Crippen molar-refractivity contribution in [3.05, 3.63) is 0 Å². The van der Waals surface area contributed by atoms with Gasteiger partial charge in [-0.05, 0) is 78.2 Å². The van der Waals surface area contributed by atoms with Crippen molar-refractivity contribution in [1.82, 2.24) is 9.80 Å². The molecule has 0 amide bonds. The fraction of sp³-hybridized carbons (Fsp3) is 1.00. The Morgan fingerprint density at radius 1 is 1.13 bits per heavy atom. The first kappa shape index (κ1) is 19.2. The highest BCUT2D eigenvalue weighted by Gasteiger charge is 2.35. The molecule has 2 rings (SSSR count). The van der Waals surface area contributed by atoms with Crippen molar-refractivity contribution in [2.24, 2.45) is 5.92 Å². The Labute approximate surface area is 144 Å². The van der Waals surface area contributed by atoms with Gasteiger partial charge in [0.15, 0.2) is 0 Å². The number of methoxy groups -OCH3 is 1. The lowest BCUT2D eigenvalue weighted by molar-refractivity contribution is -0.00844. The third-order valence-corrected chi connectivity index (χ3v) is 6.38. The van der Waals surface area contributed by atoms with Crippen LogP contribution >= 0.6 is 0 Å². The van der Waals surface area contributed by atoms with E-state index in [1.807, 2.05) is 7.11 Å². The molecule has 23 heavy (non-hydrogen) atoms. The highest BCUT2D eigenvalue weighted by molar-refractivity contribution is 4.92. The van der Waals surface area contributed by atoms with Crippen LogP contribution < -0.4 is 0 Å². The summed E-state index contributed by atoms with van der Waals surface area (Å²) in [4.78, 5) is 5.43. The van der Waals surface area contributed by atoms with Gasteiger partial charge in [0.05, 0.1) is 6.10 Å². The average molecular weight is 325 g/mol. The van der Waals surface area contributed by atoms with Crippen LogP contribution in [0.15, 0.2) is 0 Å². The molecule has 0 aromatic carbocycles. The fourth-order valence-electron chi connectivity index (χ4n) is 4.76. The van der Waals surface area contributed by atoms with Crippen molar-refractivity contribution in [1.29, 1.82) is 0 Å². The molecule has 2 fully saturated rings. The van der Waals surface area contributed by atoms with Crippen LogP contribution in [0.5, 0.6) is 0 Å². The minimum absolute atomic E-state index is 0.324. The molecule has 1 aliphatic heterocycles. The van der Waals surface area contributed by atoms with E-state index < -0.39 is 0 Å². The minimum atomic E-state index is 0.324. The SMILES string of the molecule is CCC(C)N1CCN(CCC[C@H]2CC[C@H](OC)CC2)CC1(C)C. The standard InChI is InChI=1S/C20H40N2O/c1-6-17(2)22-15-14-21(16-20(22,3)4)13-7-8-18-9-11-19(23-5)12-10-18/h17-19H,6-16H2,1-5H3/t17?,18-,19-. The molecule has 136 valence electrons. The second-order valence-electron chi connectivity index (χ2n) is 8.56. The molecule has 1 heterocycles. The number of ether oxygens (including phenoxy) is 1. The first-order chi connectivity index (χ1) is 11.0. The van der Waals surface area contributed by atoms with E-state index in [4.69, 9.17) is 4.74 Å². The van der Waals surface area contributed by atoms with E-state index in [0.717, 1.165) is 5.92 Å². The third-order valence-electron chi connectivity index (χ3n) is 6.38. The summed E-state index contributed by atoms with van der Waals surface area (Å²) < 4.78 is 5.49. The maximum Gasteiger partial charge on any atom is 0.0571 e. The van der Waals surface area contributed by atoms with Crippen molar-refractivity contribution in [2.75, 3.05) is 33.3 Å². The molecular weight excluding hydrogens is 284 g/mol. The van der Waals surface area contributed by atoms with E-state index in [2.05, 4.69) is 37.5 Å². The first-order valence-corrected chi connectivity index (χ1v) is 9.98. The summed E-state index contributed by atoms with van der Waals surface area (Å²) in [5, 5.41) is 0. The maximum atomic E-state index is 5.49. The second-order valence-corrected chi connectivity index (χ2v) is 8.56. The Balaban J connectivity index is 1.67. The molecule has 0 radical (unpaired) electrons. The molecule has 2 aliphatic rings. The normalized spacial score (nSPS) is 31.2. The number of hydrogen-bond acceptors (Lipinski definition) is 3. The summed E-state index contributed by atoms with van der Waals surface area (Å²) in [6.45, 7) is 14.6. The van der Waals surface area contributed by atoms with Gasteiger partial charge < -0.3 is 9.64 Å². The molecule has 0 aromatic rings. The Hall–Kier alpha value is -0.120. The Morgan fingerprint density at radius 3 is 2.39 bits per heavy atom. The fourth-order valence-corrected chi connectivity index (χ4v) is 4.76. The molecule has 3 heteroatoms.